The Morgan fingerprint density at radius 2 is 2.07 bits per heavy atom. The van der Waals surface area contributed by atoms with E-state index < -0.39 is 11.9 Å². The second-order valence-electron chi connectivity index (χ2n) is 5.98. The van der Waals surface area contributed by atoms with Crippen molar-refractivity contribution in [1.82, 2.24) is 20.7 Å². The molecule has 3 rings (SSSR count). The van der Waals surface area contributed by atoms with Gasteiger partial charge in [0.05, 0.1) is 18.4 Å². The van der Waals surface area contributed by atoms with Crippen LogP contribution in [-0.4, -0.2) is 29.2 Å². The highest BCUT2D eigenvalue weighted by Crippen LogP contribution is 2.27. The van der Waals surface area contributed by atoms with Gasteiger partial charge in [-0.2, -0.15) is 13.2 Å². The molecule has 1 aliphatic heterocycles. The summed E-state index contributed by atoms with van der Waals surface area (Å²) in [5.74, 6) is 5.04. The summed E-state index contributed by atoms with van der Waals surface area (Å²) in [5, 5.41) is 3.15. The molecule has 0 bridgehead atoms. The molecular weight excluding hydrogens is 397 g/mol. The van der Waals surface area contributed by atoms with Crippen molar-refractivity contribution >= 4 is 5.70 Å². The molecule has 0 saturated carbocycles. The lowest BCUT2D eigenvalue weighted by molar-refractivity contribution is -0.141. The lowest BCUT2D eigenvalue weighted by Crippen LogP contribution is -2.16. The standard InChI is InChI=1S/C11H13F3N2O.C7H10N4.C2H6/c12-11(13,14)10-2-1-8(5-16-10)7-17-9-3-4-15-6-9;8-7(5-11-9)6-2-1-3-10-4-6;1-2/h1-2,5,9,15H,3-4,6-7H2;1-5,11H,8-9H2;1-2H3/b;7-5-;. The molecule has 2 aromatic rings. The highest BCUT2D eigenvalue weighted by Gasteiger charge is 2.32. The molecule has 1 saturated heterocycles. The van der Waals surface area contributed by atoms with Crippen LogP contribution in [-0.2, 0) is 17.5 Å². The first-order chi connectivity index (χ1) is 14.4. The van der Waals surface area contributed by atoms with Crippen LogP contribution in [0.3, 0.4) is 0 Å². The van der Waals surface area contributed by atoms with Gasteiger partial charge in [-0.1, -0.05) is 19.9 Å². The lowest BCUT2D eigenvalue weighted by Gasteiger charge is -2.11. The minimum atomic E-state index is -4.38. The zero-order valence-electron chi connectivity index (χ0n) is 17.1. The Labute approximate surface area is 174 Å². The van der Waals surface area contributed by atoms with Crippen molar-refractivity contribution in [2.45, 2.75) is 39.2 Å². The minimum Gasteiger partial charge on any atom is -0.397 e. The van der Waals surface area contributed by atoms with E-state index in [1.807, 2.05) is 26.0 Å². The van der Waals surface area contributed by atoms with Crippen LogP contribution in [0.5, 0.6) is 0 Å². The van der Waals surface area contributed by atoms with Gasteiger partial charge < -0.3 is 21.2 Å². The van der Waals surface area contributed by atoms with Crippen molar-refractivity contribution < 1.29 is 17.9 Å². The Balaban J connectivity index is 0.000000300. The predicted octanol–water partition coefficient (Wildman–Crippen LogP) is 2.81. The van der Waals surface area contributed by atoms with E-state index in [0.717, 1.165) is 31.1 Å². The highest BCUT2D eigenvalue weighted by molar-refractivity contribution is 5.60. The molecule has 0 spiro atoms. The molecule has 3 heterocycles. The van der Waals surface area contributed by atoms with Gasteiger partial charge >= 0.3 is 6.18 Å². The van der Waals surface area contributed by atoms with E-state index in [1.165, 1.54) is 18.5 Å². The Morgan fingerprint density at radius 1 is 1.30 bits per heavy atom. The van der Waals surface area contributed by atoms with Crippen molar-refractivity contribution in [2.24, 2.45) is 11.6 Å². The van der Waals surface area contributed by atoms with Crippen molar-refractivity contribution in [3.63, 3.8) is 0 Å². The maximum atomic E-state index is 12.2. The number of hydrogen-bond donors (Lipinski definition) is 4. The first kappa shape index (κ1) is 25.3. The average Bonchev–Trinajstić information content (AvgIpc) is 3.28. The van der Waals surface area contributed by atoms with E-state index in [4.69, 9.17) is 16.3 Å². The molecule has 0 aliphatic carbocycles. The van der Waals surface area contributed by atoms with Crippen LogP contribution in [0.15, 0.2) is 49.1 Å². The van der Waals surface area contributed by atoms with E-state index in [0.29, 0.717) is 17.9 Å². The van der Waals surface area contributed by atoms with Gasteiger partial charge in [-0.25, -0.2) is 0 Å². The second-order valence-corrected chi connectivity index (χ2v) is 5.98. The number of ether oxygens (including phenoxy) is 1. The summed E-state index contributed by atoms with van der Waals surface area (Å²) in [4.78, 5) is 7.27. The summed E-state index contributed by atoms with van der Waals surface area (Å²) in [5.41, 5.74) is 9.14. The van der Waals surface area contributed by atoms with Crippen molar-refractivity contribution in [3.05, 3.63) is 65.9 Å². The summed E-state index contributed by atoms with van der Waals surface area (Å²) < 4.78 is 42.3. The van der Waals surface area contributed by atoms with Crippen LogP contribution < -0.4 is 22.3 Å². The number of pyridine rings is 2. The van der Waals surface area contributed by atoms with E-state index in [2.05, 4.69) is 20.7 Å². The molecule has 6 N–H and O–H groups in total. The van der Waals surface area contributed by atoms with Crippen LogP contribution in [0.4, 0.5) is 13.2 Å². The number of hydrazine groups is 1. The minimum absolute atomic E-state index is 0.150. The molecule has 10 heteroatoms. The first-order valence-corrected chi connectivity index (χ1v) is 9.56. The quantitative estimate of drug-likeness (QED) is 0.430. The number of nitrogens with one attached hydrogen (secondary N) is 2. The van der Waals surface area contributed by atoms with E-state index in [9.17, 15) is 13.2 Å². The molecule has 2 aromatic heterocycles. The molecule has 30 heavy (non-hydrogen) atoms. The second kappa shape index (κ2) is 13.5. The highest BCUT2D eigenvalue weighted by atomic mass is 19.4. The monoisotopic (exact) mass is 426 g/mol. The van der Waals surface area contributed by atoms with E-state index in [1.54, 1.807) is 12.4 Å². The number of hydrogen-bond acceptors (Lipinski definition) is 7. The predicted molar refractivity (Wildman–Crippen MR) is 110 cm³/mol. The average molecular weight is 426 g/mol. The molecule has 1 aliphatic rings. The normalized spacial score (nSPS) is 16.1. The molecule has 7 nitrogen and oxygen atoms in total. The number of halogens is 3. The fourth-order valence-corrected chi connectivity index (χ4v) is 2.37. The van der Waals surface area contributed by atoms with Gasteiger partial charge in [-0.3, -0.25) is 15.8 Å². The Hall–Kier alpha value is -2.69. The molecule has 166 valence electrons. The summed E-state index contributed by atoms with van der Waals surface area (Å²) in [6.45, 7) is 6.03. The Kier molecular flexibility index (Phi) is 11.4. The maximum Gasteiger partial charge on any atom is 0.433 e. The van der Waals surface area contributed by atoms with Gasteiger partial charge in [0.25, 0.3) is 0 Å². The van der Waals surface area contributed by atoms with Crippen LogP contribution in [0.1, 0.15) is 37.1 Å². The zero-order valence-corrected chi connectivity index (χ0v) is 17.1. The lowest BCUT2D eigenvalue weighted by atomic mass is 10.2. The zero-order chi connectivity index (χ0) is 22.4. The van der Waals surface area contributed by atoms with Gasteiger partial charge in [0.15, 0.2) is 0 Å². The van der Waals surface area contributed by atoms with Crippen LogP contribution in [0.25, 0.3) is 5.70 Å². The third-order valence-corrected chi connectivity index (χ3v) is 3.85. The number of alkyl halides is 3. The third-order valence-electron chi connectivity index (χ3n) is 3.85. The third kappa shape index (κ3) is 9.21. The largest absolute Gasteiger partial charge is 0.433 e. The van der Waals surface area contributed by atoms with Crippen molar-refractivity contribution in [1.29, 1.82) is 0 Å². The van der Waals surface area contributed by atoms with Gasteiger partial charge in [-0.05, 0) is 36.7 Å². The van der Waals surface area contributed by atoms with Gasteiger partial charge in [0.1, 0.15) is 5.69 Å². The molecule has 0 radical (unpaired) electrons. The number of nitrogens with zero attached hydrogens (tertiary/aromatic N) is 2. The van der Waals surface area contributed by atoms with Gasteiger partial charge in [-0.15, -0.1) is 0 Å². The molecule has 0 aromatic carbocycles. The summed E-state index contributed by atoms with van der Waals surface area (Å²) in [6, 6.07) is 6.05. The summed E-state index contributed by atoms with van der Waals surface area (Å²) in [7, 11) is 0. The number of nitrogens with two attached hydrogens (primary N) is 2. The SMILES string of the molecule is CC.FC(F)(F)c1ccc(COC2CCNC2)cn1.NN/C=C(\N)c1cccnc1. The topological polar surface area (TPSA) is 111 Å². The summed E-state index contributed by atoms with van der Waals surface area (Å²) in [6.07, 6.45) is 2.79. The summed E-state index contributed by atoms with van der Waals surface area (Å²) >= 11 is 0. The molecule has 1 fully saturated rings. The fraction of sp³-hybridized carbons (Fsp3) is 0.400. The molecule has 1 unspecified atom stereocenters. The van der Waals surface area contributed by atoms with Crippen LogP contribution >= 0.6 is 0 Å². The number of rotatable bonds is 5. The molecular formula is C20H29F3N6O. The van der Waals surface area contributed by atoms with Gasteiger partial charge in [0.2, 0.25) is 0 Å². The molecule has 1 atom stereocenters. The smallest absolute Gasteiger partial charge is 0.397 e. The van der Waals surface area contributed by atoms with Crippen molar-refractivity contribution in [2.75, 3.05) is 13.1 Å². The maximum absolute atomic E-state index is 12.2. The number of aromatic nitrogens is 2. The first-order valence-electron chi connectivity index (χ1n) is 9.56. The molecule has 0 amide bonds. The van der Waals surface area contributed by atoms with Gasteiger partial charge in [0, 0.05) is 36.9 Å². The van der Waals surface area contributed by atoms with Crippen molar-refractivity contribution in [3.8, 4) is 0 Å². The Morgan fingerprint density at radius 3 is 2.57 bits per heavy atom. The van der Waals surface area contributed by atoms with E-state index >= 15 is 0 Å². The van der Waals surface area contributed by atoms with Crippen LogP contribution in [0.2, 0.25) is 0 Å². The van der Waals surface area contributed by atoms with E-state index in [-0.39, 0.29) is 6.10 Å². The Bertz CT molecular complexity index is 732. The fourth-order valence-electron chi connectivity index (χ4n) is 2.37. The van der Waals surface area contributed by atoms with Crippen LogP contribution in [0, 0.1) is 0 Å².